The molecule has 2 heterocycles. The fourth-order valence-corrected chi connectivity index (χ4v) is 2.29. The molecular formula is C18H14F4N6O. The summed E-state index contributed by atoms with van der Waals surface area (Å²) in [7, 11) is 0. The highest BCUT2D eigenvalue weighted by molar-refractivity contribution is 5.90. The molecule has 0 unspecified atom stereocenters. The zero-order chi connectivity index (χ0) is 20.9. The van der Waals surface area contributed by atoms with E-state index < -0.39 is 24.3 Å². The Morgan fingerprint density at radius 3 is 2.69 bits per heavy atom. The zero-order valence-corrected chi connectivity index (χ0v) is 14.7. The summed E-state index contributed by atoms with van der Waals surface area (Å²) in [5, 5.41) is 3.99. The number of halogens is 4. The van der Waals surface area contributed by atoms with E-state index in [1.165, 1.54) is 18.6 Å². The number of hydrogen-bond acceptors (Lipinski definition) is 5. The number of nitrogens with zero attached hydrogens (tertiary/aromatic N) is 4. The summed E-state index contributed by atoms with van der Waals surface area (Å²) in [4.78, 5) is 19.7. The fraction of sp³-hybridized carbons (Fsp3) is 0.111. The molecule has 0 radical (unpaired) electrons. The highest BCUT2D eigenvalue weighted by Gasteiger charge is 2.31. The van der Waals surface area contributed by atoms with Crippen LogP contribution in [0.1, 0.15) is 11.1 Å². The predicted molar refractivity (Wildman–Crippen MR) is 96.6 cm³/mol. The third kappa shape index (κ3) is 5.37. The molecule has 0 aliphatic carbocycles. The number of aromatic nitrogens is 4. The van der Waals surface area contributed by atoms with Crippen LogP contribution in [0.25, 0.3) is 17.6 Å². The van der Waals surface area contributed by atoms with Crippen molar-refractivity contribution in [1.82, 2.24) is 25.2 Å². The minimum Gasteiger partial charge on any atom is -0.282 e. The lowest BCUT2D eigenvalue weighted by Crippen LogP contribution is -2.28. The van der Waals surface area contributed by atoms with Crippen LogP contribution in [0, 0.1) is 0 Å². The van der Waals surface area contributed by atoms with Crippen molar-refractivity contribution < 1.29 is 22.4 Å². The molecule has 0 spiro atoms. The summed E-state index contributed by atoms with van der Waals surface area (Å²) in [5.41, 5.74) is 3.86. The second kappa shape index (κ2) is 8.50. The summed E-state index contributed by atoms with van der Waals surface area (Å²) in [6, 6.07) is 7.91. The quantitative estimate of drug-likeness (QED) is 0.372. The SMILES string of the molecule is O=C(/C=C\n1cnc(-c2cc(CF)cc(C(F)(F)F)c2)n1)NNc1ccccn1. The van der Waals surface area contributed by atoms with Gasteiger partial charge in [0.1, 0.15) is 18.8 Å². The summed E-state index contributed by atoms with van der Waals surface area (Å²) in [6.07, 6.45) is 0.522. The van der Waals surface area contributed by atoms with Gasteiger partial charge in [0, 0.05) is 24.0 Å². The molecule has 2 N–H and O–H groups in total. The van der Waals surface area contributed by atoms with Gasteiger partial charge >= 0.3 is 6.18 Å². The van der Waals surface area contributed by atoms with Crippen molar-refractivity contribution in [3.8, 4) is 11.4 Å². The van der Waals surface area contributed by atoms with Crippen molar-refractivity contribution in [2.45, 2.75) is 12.9 Å². The normalized spacial score (nSPS) is 11.6. The Balaban J connectivity index is 1.70. The van der Waals surface area contributed by atoms with Crippen LogP contribution in [0.2, 0.25) is 0 Å². The van der Waals surface area contributed by atoms with Crippen molar-refractivity contribution in [2.75, 3.05) is 5.43 Å². The molecule has 3 aromatic rings. The number of carbonyl (C=O) groups is 1. The molecule has 0 aliphatic rings. The number of alkyl halides is 4. The molecule has 0 fully saturated rings. The third-order valence-electron chi connectivity index (χ3n) is 3.60. The highest BCUT2D eigenvalue weighted by atomic mass is 19.4. The first-order valence-corrected chi connectivity index (χ1v) is 8.19. The monoisotopic (exact) mass is 406 g/mol. The van der Waals surface area contributed by atoms with Crippen LogP contribution in [0.3, 0.4) is 0 Å². The summed E-state index contributed by atoms with van der Waals surface area (Å²) in [5.74, 6) is -0.125. The van der Waals surface area contributed by atoms with Crippen molar-refractivity contribution in [3.05, 3.63) is 66.1 Å². The lowest BCUT2D eigenvalue weighted by atomic mass is 10.1. The van der Waals surface area contributed by atoms with Gasteiger partial charge in [0.15, 0.2) is 5.82 Å². The van der Waals surface area contributed by atoms with Crippen LogP contribution in [0.15, 0.2) is 55.0 Å². The average Bonchev–Trinajstić information content (AvgIpc) is 3.19. The van der Waals surface area contributed by atoms with Gasteiger partial charge in [0.05, 0.1) is 5.56 Å². The average molecular weight is 406 g/mol. The number of hydrazine groups is 1. The predicted octanol–water partition coefficient (Wildman–Crippen LogP) is 3.44. The van der Waals surface area contributed by atoms with Gasteiger partial charge in [0.25, 0.3) is 5.91 Å². The lowest BCUT2D eigenvalue weighted by Gasteiger charge is -2.09. The van der Waals surface area contributed by atoms with E-state index in [0.717, 1.165) is 22.9 Å². The van der Waals surface area contributed by atoms with E-state index in [9.17, 15) is 22.4 Å². The standard InChI is InChI=1S/C18H14F4N6O/c19-10-12-7-13(9-14(8-12)18(20,21)22)17-24-11-28(27-17)6-4-16(29)26-25-15-3-1-2-5-23-15/h1-9,11H,10H2,(H,23,25)(H,26,29)/b6-4-. The molecule has 0 aliphatic heterocycles. The largest absolute Gasteiger partial charge is 0.416 e. The van der Waals surface area contributed by atoms with Gasteiger partial charge in [-0.05, 0) is 35.9 Å². The van der Waals surface area contributed by atoms with Gasteiger partial charge in [-0.3, -0.25) is 15.6 Å². The lowest BCUT2D eigenvalue weighted by molar-refractivity contribution is -0.137. The maximum absolute atomic E-state index is 13.0. The Morgan fingerprint density at radius 1 is 1.17 bits per heavy atom. The Kier molecular flexibility index (Phi) is 5.86. The second-order valence-corrected chi connectivity index (χ2v) is 5.74. The molecule has 11 heteroatoms. The number of carbonyl (C=O) groups excluding carboxylic acids is 1. The Hall–Kier alpha value is -3.76. The number of benzene rings is 1. The van der Waals surface area contributed by atoms with E-state index in [0.29, 0.717) is 5.82 Å². The van der Waals surface area contributed by atoms with E-state index >= 15 is 0 Å². The van der Waals surface area contributed by atoms with Crippen LogP contribution in [-0.2, 0) is 17.6 Å². The molecule has 1 amide bonds. The van der Waals surface area contributed by atoms with Crippen molar-refractivity contribution in [1.29, 1.82) is 0 Å². The van der Waals surface area contributed by atoms with E-state index in [2.05, 4.69) is 25.9 Å². The topological polar surface area (TPSA) is 84.7 Å². The molecular weight excluding hydrogens is 392 g/mol. The van der Waals surface area contributed by atoms with Crippen LogP contribution in [0.4, 0.5) is 23.4 Å². The number of rotatable bonds is 6. The fourth-order valence-electron chi connectivity index (χ4n) is 2.29. The van der Waals surface area contributed by atoms with Crippen molar-refractivity contribution in [3.63, 3.8) is 0 Å². The number of nitrogens with one attached hydrogen (secondary N) is 2. The second-order valence-electron chi connectivity index (χ2n) is 5.74. The summed E-state index contributed by atoms with van der Waals surface area (Å²) >= 11 is 0. The maximum atomic E-state index is 13.0. The molecule has 7 nitrogen and oxygen atoms in total. The summed E-state index contributed by atoms with van der Waals surface area (Å²) < 4.78 is 53.0. The van der Waals surface area contributed by atoms with Gasteiger partial charge < -0.3 is 0 Å². The number of amides is 1. The molecule has 1 aromatic carbocycles. The first-order valence-electron chi connectivity index (χ1n) is 8.19. The molecule has 29 heavy (non-hydrogen) atoms. The van der Waals surface area contributed by atoms with Gasteiger partial charge in [0.2, 0.25) is 0 Å². The molecule has 0 saturated heterocycles. The minimum atomic E-state index is -4.62. The first kappa shape index (κ1) is 20.0. The molecule has 0 atom stereocenters. The van der Waals surface area contributed by atoms with Gasteiger partial charge in [-0.2, -0.15) is 13.2 Å². The van der Waals surface area contributed by atoms with Gasteiger partial charge in [-0.1, -0.05) is 6.07 Å². The molecule has 0 saturated carbocycles. The minimum absolute atomic E-state index is 0.0147. The van der Waals surface area contributed by atoms with Crippen molar-refractivity contribution in [2.24, 2.45) is 0 Å². The summed E-state index contributed by atoms with van der Waals surface area (Å²) in [6.45, 7) is -1.05. The smallest absolute Gasteiger partial charge is 0.282 e. The Bertz CT molecular complexity index is 1020. The number of hydrogen-bond donors (Lipinski definition) is 2. The third-order valence-corrected chi connectivity index (χ3v) is 3.60. The highest BCUT2D eigenvalue weighted by Crippen LogP contribution is 2.32. The van der Waals surface area contributed by atoms with Crippen LogP contribution in [0.5, 0.6) is 0 Å². The molecule has 2 aromatic heterocycles. The van der Waals surface area contributed by atoms with E-state index in [1.807, 2.05) is 0 Å². The van der Waals surface area contributed by atoms with Gasteiger partial charge in [-0.15, -0.1) is 5.10 Å². The van der Waals surface area contributed by atoms with Crippen LogP contribution < -0.4 is 10.9 Å². The molecule has 3 rings (SSSR count). The number of anilines is 1. The molecule has 150 valence electrons. The Labute approximate surface area is 162 Å². The van der Waals surface area contributed by atoms with E-state index in [4.69, 9.17) is 0 Å². The van der Waals surface area contributed by atoms with Gasteiger partial charge in [-0.25, -0.2) is 19.0 Å². The Morgan fingerprint density at radius 2 is 2.00 bits per heavy atom. The van der Waals surface area contributed by atoms with Crippen LogP contribution >= 0.6 is 0 Å². The molecule has 0 bridgehead atoms. The first-order chi connectivity index (χ1) is 13.8. The van der Waals surface area contributed by atoms with Crippen LogP contribution in [-0.4, -0.2) is 25.7 Å². The van der Waals surface area contributed by atoms with E-state index in [-0.39, 0.29) is 17.0 Å². The van der Waals surface area contributed by atoms with Crippen molar-refractivity contribution >= 4 is 17.9 Å². The zero-order valence-electron chi connectivity index (χ0n) is 14.7. The maximum Gasteiger partial charge on any atom is 0.416 e. The van der Waals surface area contributed by atoms with E-state index in [1.54, 1.807) is 24.4 Å². The number of pyridine rings is 1.